The Morgan fingerprint density at radius 1 is 1.75 bits per heavy atom. The molecule has 24 valence electrons. The molecule has 0 aliphatic carbocycles. The molecule has 0 N–H and O–H groups in total. The van der Waals surface area contributed by atoms with E-state index >= 15 is 0 Å². The van der Waals surface area contributed by atoms with Crippen LogP contribution in [0.2, 0.25) is 0 Å². The SMILES string of the molecule is C[CH-]F.[Ti]. The van der Waals surface area contributed by atoms with E-state index < -0.39 is 0 Å². The van der Waals surface area contributed by atoms with Gasteiger partial charge in [0.15, 0.2) is 0 Å². The molecule has 0 aromatic heterocycles. The molecule has 0 saturated heterocycles. The Morgan fingerprint density at radius 2 is 1.75 bits per heavy atom. The van der Waals surface area contributed by atoms with Crippen LogP contribution in [0.1, 0.15) is 6.92 Å². The summed E-state index contributed by atoms with van der Waals surface area (Å²) in [5.41, 5.74) is 0. The van der Waals surface area contributed by atoms with Crippen LogP contribution in [0.15, 0.2) is 0 Å². The van der Waals surface area contributed by atoms with Crippen LogP contribution in [0.3, 0.4) is 0 Å². The molecule has 0 aliphatic heterocycles. The van der Waals surface area contributed by atoms with Crippen molar-refractivity contribution in [2.75, 3.05) is 0 Å². The monoisotopic (exact) mass is 95.0 g/mol. The van der Waals surface area contributed by atoms with E-state index in [0.29, 0.717) is 6.67 Å². The normalized spacial score (nSPS) is 4.50. The molecule has 4 heavy (non-hydrogen) atoms. The largest absolute Gasteiger partial charge is 0.460 e. The minimum Gasteiger partial charge on any atom is -0.460 e. The molecular weight excluding hydrogens is 90.9 g/mol. The topological polar surface area (TPSA) is 0 Å². The van der Waals surface area contributed by atoms with E-state index in [4.69, 9.17) is 0 Å². The molecule has 0 amide bonds. The molecular formula is C2H4FTi-. The van der Waals surface area contributed by atoms with E-state index in [1.807, 2.05) is 0 Å². The first-order chi connectivity index (χ1) is 1.41. The summed E-state index contributed by atoms with van der Waals surface area (Å²) in [7, 11) is 0. The second-order valence-corrected chi connectivity index (χ2v) is 0.218. The average molecular weight is 94.9 g/mol. The van der Waals surface area contributed by atoms with Gasteiger partial charge in [-0.3, -0.25) is 0 Å². The molecule has 0 saturated carbocycles. The smallest absolute Gasteiger partial charge is 0 e. The summed E-state index contributed by atoms with van der Waals surface area (Å²) in [6.07, 6.45) is 0. The second-order valence-electron chi connectivity index (χ2n) is 0.218. The molecule has 0 aromatic rings. The van der Waals surface area contributed by atoms with Crippen LogP contribution in [-0.4, -0.2) is 0 Å². The summed E-state index contributed by atoms with van der Waals surface area (Å²) < 4.78 is 10.2. The van der Waals surface area contributed by atoms with Crippen molar-refractivity contribution in [1.82, 2.24) is 0 Å². The maximum atomic E-state index is 10.2. The van der Waals surface area contributed by atoms with Gasteiger partial charge in [0.25, 0.3) is 0 Å². The quantitative estimate of drug-likeness (QED) is 0.312. The Balaban J connectivity index is 0. The van der Waals surface area contributed by atoms with Crippen LogP contribution in [0, 0.1) is 6.67 Å². The average Bonchev–Trinajstić information content (AvgIpc) is 0.918. The molecule has 0 rings (SSSR count). The number of hydrogen-bond donors (Lipinski definition) is 0. The van der Waals surface area contributed by atoms with Gasteiger partial charge >= 0.3 is 0 Å². The minimum absolute atomic E-state index is 0. The summed E-state index contributed by atoms with van der Waals surface area (Å²) in [6.45, 7) is 1.83. The number of rotatable bonds is 0. The number of halogens is 1. The van der Waals surface area contributed by atoms with Gasteiger partial charge in [0.2, 0.25) is 0 Å². The molecule has 0 atom stereocenters. The van der Waals surface area contributed by atoms with E-state index in [9.17, 15) is 4.39 Å². The molecule has 0 radical (unpaired) electrons. The molecule has 0 heterocycles. The van der Waals surface area contributed by atoms with E-state index in [0.717, 1.165) is 0 Å². The van der Waals surface area contributed by atoms with Crippen LogP contribution in [-0.2, 0) is 21.7 Å². The standard InChI is InChI=1S/C2H4F.Ti/c1-2-3;/h2H,1H3;/q-1;. The maximum Gasteiger partial charge on any atom is 0 e. The minimum atomic E-state index is 0. The first kappa shape index (κ1) is 8.82. The predicted molar refractivity (Wildman–Crippen MR) is 11.1 cm³/mol. The predicted octanol–water partition coefficient (Wildman–Crippen LogP) is 1.14. The van der Waals surface area contributed by atoms with Crippen molar-refractivity contribution >= 4 is 0 Å². The van der Waals surface area contributed by atoms with E-state index in [1.165, 1.54) is 6.92 Å². The van der Waals surface area contributed by atoms with Crippen molar-refractivity contribution in [2.45, 2.75) is 6.92 Å². The van der Waals surface area contributed by atoms with Gasteiger partial charge in [0.1, 0.15) is 0 Å². The summed E-state index contributed by atoms with van der Waals surface area (Å²) in [4.78, 5) is 0. The van der Waals surface area contributed by atoms with Crippen LogP contribution in [0.5, 0.6) is 0 Å². The van der Waals surface area contributed by atoms with Gasteiger partial charge in [-0.2, -0.15) is 13.6 Å². The molecule has 2 heteroatoms. The van der Waals surface area contributed by atoms with E-state index in [2.05, 4.69) is 0 Å². The summed E-state index contributed by atoms with van der Waals surface area (Å²) in [5, 5.41) is 0. The Hall–Kier alpha value is 0.644. The first-order valence-corrected chi connectivity index (χ1v) is 0.796. The molecule has 0 spiro atoms. The van der Waals surface area contributed by atoms with Crippen LogP contribution < -0.4 is 0 Å². The van der Waals surface area contributed by atoms with Gasteiger partial charge < -0.3 is 4.39 Å². The van der Waals surface area contributed by atoms with Gasteiger partial charge in [-0.1, -0.05) is 0 Å². The molecule has 0 fully saturated rings. The van der Waals surface area contributed by atoms with Gasteiger partial charge in [-0.05, 0) is 0 Å². The summed E-state index contributed by atoms with van der Waals surface area (Å²) in [6, 6.07) is 0. The zero-order chi connectivity index (χ0) is 2.71. The van der Waals surface area contributed by atoms with Crippen molar-refractivity contribution < 1.29 is 26.1 Å². The van der Waals surface area contributed by atoms with Crippen LogP contribution in [0.4, 0.5) is 4.39 Å². The molecule has 0 aliphatic rings. The van der Waals surface area contributed by atoms with Crippen molar-refractivity contribution in [3.8, 4) is 0 Å². The Morgan fingerprint density at radius 3 is 1.75 bits per heavy atom. The molecule has 0 unspecified atom stereocenters. The third kappa shape index (κ3) is 17.2. The third-order valence-corrected chi connectivity index (χ3v) is 0. The van der Waals surface area contributed by atoms with Gasteiger partial charge in [0.05, 0.1) is 0 Å². The summed E-state index contributed by atoms with van der Waals surface area (Å²) in [5.74, 6) is 0. The maximum absolute atomic E-state index is 10.2. The van der Waals surface area contributed by atoms with Gasteiger partial charge in [-0.25, -0.2) is 0 Å². The molecule has 0 bridgehead atoms. The van der Waals surface area contributed by atoms with Crippen LogP contribution >= 0.6 is 0 Å². The third-order valence-electron chi connectivity index (χ3n) is 0. The Kier molecular flexibility index (Phi) is 20.8. The van der Waals surface area contributed by atoms with Crippen molar-refractivity contribution in [2.24, 2.45) is 0 Å². The second kappa shape index (κ2) is 9.42. The fourth-order valence-electron chi connectivity index (χ4n) is 0. The van der Waals surface area contributed by atoms with E-state index in [-0.39, 0.29) is 21.7 Å². The fraction of sp³-hybridized carbons (Fsp3) is 0.500. The van der Waals surface area contributed by atoms with Gasteiger partial charge in [-0.15, -0.1) is 0 Å². The van der Waals surface area contributed by atoms with Crippen molar-refractivity contribution in [3.05, 3.63) is 6.67 Å². The molecule has 0 nitrogen and oxygen atoms in total. The summed E-state index contributed by atoms with van der Waals surface area (Å²) >= 11 is 0. The first-order valence-electron chi connectivity index (χ1n) is 0.796. The van der Waals surface area contributed by atoms with Crippen molar-refractivity contribution in [1.29, 1.82) is 0 Å². The van der Waals surface area contributed by atoms with Crippen LogP contribution in [0.25, 0.3) is 0 Å². The zero-order valence-electron chi connectivity index (χ0n) is 2.46. The number of hydrogen-bond acceptors (Lipinski definition) is 0. The zero-order valence-corrected chi connectivity index (χ0v) is 4.02. The molecule has 0 aromatic carbocycles. The van der Waals surface area contributed by atoms with Gasteiger partial charge in [0, 0.05) is 21.7 Å². The Labute approximate surface area is 40.3 Å². The fourth-order valence-corrected chi connectivity index (χ4v) is 0. The van der Waals surface area contributed by atoms with E-state index in [1.54, 1.807) is 0 Å². The Bertz CT molecular complexity index is 6.00. The van der Waals surface area contributed by atoms with Crippen molar-refractivity contribution in [3.63, 3.8) is 0 Å².